The third-order valence-electron chi connectivity index (χ3n) is 5.08. The van der Waals surface area contributed by atoms with Crippen LogP contribution in [0.15, 0.2) is 64.0 Å². The molecule has 37 heavy (non-hydrogen) atoms. The molecule has 0 spiro atoms. The number of thioether (sulfide) groups is 1. The Kier molecular flexibility index (Phi) is 8.25. The summed E-state index contributed by atoms with van der Waals surface area (Å²) in [5.41, 5.74) is 0.772. The predicted octanol–water partition coefficient (Wildman–Crippen LogP) is 6.77. The lowest BCUT2D eigenvalue weighted by Gasteiger charge is -2.13. The topological polar surface area (TPSA) is 75.7 Å². The molecule has 0 radical (unpaired) electrons. The van der Waals surface area contributed by atoms with Crippen molar-refractivity contribution in [2.24, 2.45) is 0 Å². The van der Waals surface area contributed by atoms with Crippen LogP contribution < -0.4 is 10.1 Å². The molecule has 1 aliphatic rings. The van der Waals surface area contributed by atoms with Crippen molar-refractivity contribution in [3.8, 4) is 5.75 Å². The second-order valence-electron chi connectivity index (χ2n) is 7.61. The molecular weight excluding hydrogens is 597 g/mol. The van der Waals surface area contributed by atoms with E-state index in [0.717, 1.165) is 11.6 Å². The van der Waals surface area contributed by atoms with E-state index in [1.807, 2.05) is 23.5 Å². The SMILES string of the molecule is O=C(CN1C(=O)S/C(=C/c2ccc(OCc3ccccc3Cl)c(Br)c2)C1=O)Nc1ccc(F)c(F)c1F. The van der Waals surface area contributed by atoms with Crippen molar-refractivity contribution in [3.63, 3.8) is 0 Å². The second kappa shape index (κ2) is 11.4. The lowest BCUT2D eigenvalue weighted by atomic mass is 10.2. The largest absolute Gasteiger partial charge is 0.488 e. The molecule has 1 heterocycles. The van der Waals surface area contributed by atoms with Crippen molar-refractivity contribution in [2.75, 3.05) is 11.9 Å². The molecule has 0 bridgehead atoms. The van der Waals surface area contributed by atoms with Gasteiger partial charge in [-0.3, -0.25) is 19.3 Å². The van der Waals surface area contributed by atoms with Crippen molar-refractivity contribution in [1.82, 2.24) is 4.90 Å². The fraction of sp³-hybridized carbons (Fsp3) is 0.0800. The number of hydrogen-bond acceptors (Lipinski definition) is 5. The highest BCUT2D eigenvalue weighted by Crippen LogP contribution is 2.34. The van der Waals surface area contributed by atoms with Gasteiger partial charge in [-0.05, 0) is 69.7 Å². The van der Waals surface area contributed by atoms with Gasteiger partial charge in [0.05, 0.1) is 15.1 Å². The molecule has 3 amide bonds. The molecular formula is C25H15BrClF3N2O4S. The smallest absolute Gasteiger partial charge is 0.294 e. The van der Waals surface area contributed by atoms with Gasteiger partial charge in [-0.2, -0.15) is 0 Å². The number of rotatable bonds is 7. The van der Waals surface area contributed by atoms with E-state index in [9.17, 15) is 27.6 Å². The van der Waals surface area contributed by atoms with Gasteiger partial charge in [-0.15, -0.1) is 0 Å². The van der Waals surface area contributed by atoms with Crippen molar-refractivity contribution in [2.45, 2.75) is 6.61 Å². The number of ether oxygens (including phenoxy) is 1. The quantitative estimate of drug-likeness (QED) is 0.236. The zero-order valence-electron chi connectivity index (χ0n) is 18.6. The molecule has 190 valence electrons. The monoisotopic (exact) mass is 610 g/mol. The standard InChI is InChI=1S/C25H15BrClF3N2O4S/c26-15-9-13(5-8-19(15)36-12-14-3-1-2-4-16(14)27)10-20-24(34)32(25(35)37-20)11-21(33)31-18-7-6-17(28)22(29)23(18)30/h1-10H,11-12H2,(H,31,33)/b20-10+. The molecule has 0 atom stereocenters. The van der Waals surface area contributed by atoms with Crippen molar-refractivity contribution in [3.05, 3.63) is 97.6 Å². The van der Waals surface area contributed by atoms with Crippen molar-refractivity contribution < 1.29 is 32.3 Å². The van der Waals surface area contributed by atoms with Gasteiger partial charge >= 0.3 is 0 Å². The molecule has 0 saturated carbocycles. The first-order valence-electron chi connectivity index (χ1n) is 10.5. The molecule has 1 aliphatic heterocycles. The first-order chi connectivity index (χ1) is 17.6. The van der Waals surface area contributed by atoms with E-state index in [4.69, 9.17) is 16.3 Å². The lowest BCUT2D eigenvalue weighted by Crippen LogP contribution is -2.36. The number of hydrogen-bond donors (Lipinski definition) is 1. The minimum atomic E-state index is -1.75. The summed E-state index contributed by atoms with van der Waals surface area (Å²) >= 11 is 10.2. The first-order valence-corrected chi connectivity index (χ1v) is 12.5. The fourth-order valence-corrected chi connectivity index (χ4v) is 4.78. The van der Waals surface area contributed by atoms with Gasteiger partial charge in [0.25, 0.3) is 11.1 Å². The summed E-state index contributed by atoms with van der Waals surface area (Å²) in [6.07, 6.45) is 1.47. The van der Waals surface area contributed by atoms with E-state index < -0.39 is 46.7 Å². The van der Waals surface area contributed by atoms with Crippen LogP contribution >= 0.6 is 39.3 Å². The Morgan fingerprint density at radius 2 is 1.84 bits per heavy atom. The Balaban J connectivity index is 1.41. The number of amides is 3. The average molecular weight is 612 g/mol. The lowest BCUT2D eigenvalue weighted by molar-refractivity contribution is -0.127. The maximum absolute atomic E-state index is 13.8. The highest BCUT2D eigenvalue weighted by Gasteiger charge is 2.36. The predicted molar refractivity (Wildman–Crippen MR) is 138 cm³/mol. The number of anilines is 1. The number of nitrogens with zero attached hydrogens (tertiary/aromatic N) is 1. The number of carbonyl (C=O) groups is 3. The van der Waals surface area contributed by atoms with E-state index >= 15 is 0 Å². The Bertz CT molecular complexity index is 1450. The molecule has 3 aromatic rings. The molecule has 0 unspecified atom stereocenters. The van der Waals surface area contributed by atoms with E-state index in [1.165, 1.54) is 6.08 Å². The molecule has 6 nitrogen and oxygen atoms in total. The Morgan fingerprint density at radius 3 is 2.57 bits per heavy atom. The molecule has 3 aromatic carbocycles. The van der Waals surface area contributed by atoms with Crippen LogP contribution in [0.5, 0.6) is 5.75 Å². The average Bonchev–Trinajstić information content (AvgIpc) is 3.12. The molecule has 1 saturated heterocycles. The molecule has 1 fully saturated rings. The third kappa shape index (κ3) is 6.17. The minimum absolute atomic E-state index is 0.0634. The molecule has 1 N–H and O–H groups in total. The first kappa shape index (κ1) is 26.8. The maximum atomic E-state index is 13.8. The van der Waals surface area contributed by atoms with Crippen molar-refractivity contribution in [1.29, 1.82) is 0 Å². The Morgan fingerprint density at radius 1 is 1.08 bits per heavy atom. The van der Waals surface area contributed by atoms with Crippen molar-refractivity contribution >= 4 is 68.1 Å². The number of halogens is 5. The van der Waals surface area contributed by atoms with E-state index in [1.54, 1.807) is 24.3 Å². The normalized spacial score (nSPS) is 14.4. The molecule has 12 heteroatoms. The van der Waals surface area contributed by atoms with Gasteiger partial charge in [0.15, 0.2) is 17.5 Å². The van der Waals surface area contributed by atoms with Gasteiger partial charge in [-0.1, -0.05) is 35.9 Å². The van der Waals surface area contributed by atoms with E-state index in [0.29, 0.717) is 43.5 Å². The van der Waals surface area contributed by atoms with Crippen LogP contribution in [0.4, 0.5) is 23.7 Å². The summed E-state index contributed by atoms with van der Waals surface area (Å²) in [5, 5.41) is 1.89. The van der Waals surface area contributed by atoms with Crippen LogP contribution in [0.3, 0.4) is 0 Å². The number of nitrogens with one attached hydrogen (secondary N) is 1. The summed E-state index contributed by atoms with van der Waals surface area (Å²) in [6, 6.07) is 13.8. The van der Waals surface area contributed by atoms with E-state index in [-0.39, 0.29) is 11.5 Å². The van der Waals surface area contributed by atoms with Gasteiger partial charge < -0.3 is 10.1 Å². The number of imide groups is 1. The van der Waals surface area contributed by atoms with Crippen LogP contribution in [0.1, 0.15) is 11.1 Å². The third-order valence-corrected chi connectivity index (χ3v) is 6.98. The summed E-state index contributed by atoms with van der Waals surface area (Å²) in [5.74, 6) is -5.92. The molecule has 0 aliphatic carbocycles. The Labute approximate surface area is 226 Å². The fourth-order valence-electron chi connectivity index (χ4n) is 3.24. The zero-order valence-corrected chi connectivity index (χ0v) is 21.7. The summed E-state index contributed by atoms with van der Waals surface area (Å²) in [4.78, 5) is 38.0. The minimum Gasteiger partial charge on any atom is -0.488 e. The molecule has 4 rings (SSSR count). The van der Waals surface area contributed by atoms with Gasteiger partial charge in [-0.25, -0.2) is 13.2 Å². The molecule has 0 aromatic heterocycles. The second-order valence-corrected chi connectivity index (χ2v) is 9.86. The zero-order chi connectivity index (χ0) is 26.7. The van der Waals surface area contributed by atoms with E-state index in [2.05, 4.69) is 15.9 Å². The van der Waals surface area contributed by atoms with Crippen LogP contribution in [0.25, 0.3) is 6.08 Å². The highest BCUT2D eigenvalue weighted by atomic mass is 79.9. The van der Waals surface area contributed by atoms with Crippen LogP contribution in [-0.4, -0.2) is 28.5 Å². The van der Waals surface area contributed by atoms with Gasteiger partial charge in [0.2, 0.25) is 5.91 Å². The van der Waals surface area contributed by atoms with Gasteiger partial charge in [0.1, 0.15) is 18.9 Å². The van der Waals surface area contributed by atoms with Crippen LogP contribution in [0.2, 0.25) is 5.02 Å². The van der Waals surface area contributed by atoms with Crippen LogP contribution in [0, 0.1) is 17.5 Å². The Hall–Kier alpha value is -3.28. The summed E-state index contributed by atoms with van der Waals surface area (Å²) in [7, 11) is 0. The van der Waals surface area contributed by atoms with Crippen LogP contribution in [-0.2, 0) is 16.2 Å². The van der Waals surface area contributed by atoms with Gasteiger partial charge in [0, 0.05) is 10.6 Å². The summed E-state index contributed by atoms with van der Waals surface area (Å²) in [6.45, 7) is -0.494. The number of carbonyl (C=O) groups excluding carboxylic acids is 3. The highest BCUT2D eigenvalue weighted by molar-refractivity contribution is 9.10. The maximum Gasteiger partial charge on any atom is 0.294 e. The number of benzene rings is 3. The summed E-state index contributed by atoms with van der Waals surface area (Å²) < 4.78 is 46.6.